The van der Waals surface area contributed by atoms with E-state index in [1.54, 1.807) is 60.9 Å². The van der Waals surface area contributed by atoms with Gasteiger partial charge in [-0.3, -0.25) is 19.6 Å². The summed E-state index contributed by atoms with van der Waals surface area (Å²) in [5.74, 6) is 1.69. The van der Waals surface area contributed by atoms with Crippen LogP contribution < -0.4 is 26.6 Å². The van der Waals surface area contributed by atoms with Crippen LogP contribution in [0.1, 0.15) is 46.0 Å². The van der Waals surface area contributed by atoms with Crippen LogP contribution >= 0.6 is 0 Å². The van der Waals surface area contributed by atoms with Crippen LogP contribution in [0.4, 0.5) is 11.4 Å². The van der Waals surface area contributed by atoms with Gasteiger partial charge in [-0.25, -0.2) is 0 Å². The number of benzene rings is 3. The summed E-state index contributed by atoms with van der Waals surface area (Å²) in [7, 11) is 0. The number of aromatic nitrogens is 1. The number of hydrogen-bond acceptors (Lipinski definition) is 10. The minimum Gasteiger partial charge on any atom is -0.508 e. The van der Waals surface area contributed by atoms with Crippen LogP contribution in [-0.4, -0.2) is 73.2 Å². The molecule has 3 aromatic carbocycles. The summed E-state index contributed by atoms with van der Waals surface area (Å²) in [6.45, 7) is 4.90. The van der Waals surface area contributed by atoms with Gasteiger partial charge in [0, 0.05) is 54.4 Å². The molecule has 13 nitrogen and oxygen atoms in total. The molecule has 0 fully saturated rings. The Morgan fingerprint density at radius 1 is 0.788 bits per heavy atom. The van der Waals surface area contributed by atoms with Crippen molar-refractivity contribution in [1.82, 2.24) is 20.9 Å². The zero-order valence-corrected chi connectivity index (χ0v) is 29.1. The number of guanidine groups is 1. The molecule has 13 heteroatoms. The van der Waals surface area contributed by atoms with Gasteiger partial charge in [-0.1, -0.05) is 25.1 Å². The lowest BCUT2D eigenvalue weighted by Crippen LogP contribution is -2.35. The second-order valence-electron chi connectivity index (χ2n) is 11.7. The Balaban J connectivity index is 1.14. The number of aliphatic imine (C=N–C) groups is 2. The number of amides is 2. The first-order valence-electron chi connectivity index (χ1n) is 17.2. The van der Waals surface area contributed by atoms with Crippen LogP contribution in [0.25, 0.3) is 0 Å². The van der Waals surface area contributed by atoms with Gasteiger partial charge in [0.05, 0.1) is 33.0 Å². The van der Waals surface area contributed by atoms with Gasteiger partial charge in [0.15, 0.2) is 0 Å². The molecular weight excluding hydrogens is 660 g/mol. The van der Waals surface area contributed by atoms with E-state index >= 15 is 0 Å². The molecule has 0 atom stereocenters. The third kappa shape index (κ3) is 12.1. The minimum atomic E-state index is -0.171. The van der Waals surface area contributed by atoms with E-state index in [-0.39, 0.29) is 17.6 Å². The third-order valence-electron chi connectivity index (χ3n) is 7.85. The molecule has 0 bridgehead atoms. The van der Waals surface area contributed by atoms with Crippen LogP contribution in [-0.2, 0) is 16.0 Å². The maximum absolute atomic E-state index is 12.7. The Morgan fingerprint density at radius 2 is 1.44 bits per heavy atom. The predicted octanol–water partition coefficient (Wildman–Crippen LogP) is 5.07. The highest BCUT2D eigenvalue weighted by atomic mass is 16.5. The summed E-state index contributed by atoms with van der Waals surface area (Å²) in [5.41, 5.74) is 4.66. The van der Waals surface area contributed by atoms with Gasteiger partial charge in [-0.2, -0.15) is 4.99 Å². The van der Waals surface area contributed by atoms with E-state index in [4.69, 9.17) is 19.5 Å². The summed E-state index contributed by atoms with van der Waals surface area (Å²) in [6, 6.07) is 26.7. The lowest BCUT2D eigenvalue weighted by atomic mass is 10.1. The fraction of sp³-hybridized carbons (Fsp3) is 0.256. The summed E-state index contributed by atoms with van der Waals surface area (Å²) < 4.78 is 11.3. The Kier molecular flexibility index (Phi) is 14.3. The van der Waals surface area contributed by atoms with E-state index < -0.39 is 0 Å². The van der Waals surface area contributed by atoms with Crippen molar-refractivity contribution in [1.29, 1.82) is 0 Å². The molecule has 2 heterocycles. The molecule has 4 aromatic rings. The molecule has 6 N–H and O–H groups in total. The van der Waals surface area contributed by atoms with Gasteiger partial charge in [0.1, 0.15) is 17.4 Å². The average Bonchev–Trinajstić information content (AvgIpc) is 3.34. The van der Waals surface area contributed by atoms with E-state index in [0.29, 0.717) is 87.6 Å². The average molecular weight is 705 g/mol. The van der Waals surface area contributed by atoms with Crippen molar-refractivity contribution in [3.05, 3.63) is 131 Å². The standard InChI is InChI=1S/C39H44N8O5/c1-2-29-26-35(41-20-22-51-24-25-52-23-21-42-37(49)30-6-4-3-5-7-30)46-39(45-33-12-14-34(48)15-13-33)47-36(29)44-32-10-8-31(9-11-32)38(50)43-27-28-16-18-40-19-17-28/h3-19,44,48H,2,20-27H2,1H3,(H,42,49)(H,43,50)(H2,41,45,46,47). The normalized spacial score (nSPS) is 13.5. The number of pyridine rings is 1. The largest absolute Gasteiger partial charge is 0.508 e. The van der Waals surface area contributed by atoms with Gasteiger partial charge >= 0.3 is 0 Å². The van der Waals surface area contributed by atoms with Gasteiger partial charge in [-0.05, 0) is 90.4 Å². The highest BCUT2D eigenvalue weighted by Crippen LogP contribution is 2.22. The fourth-order valence-corrected chi connectivity index (χ4v) is 5.05. The second kappa shape index (κ2) is 20.0. The molecule has 0 unspecified atom stereocenters. The predicted molar refractivity (Wildman–Crippen MR) is 202 cm³/mol. The number of aromatic hydroxyl groups is 1. The third-order valence-corrected chi connectivity index (χ3v) is 7.85. The molecule has 0 aliphatic carbocycles. The van der Waals surface area contributed by atoms with Crippen LogP contribution in [0.15, 0.2) is 125 Å². The first kappa shape index (κ1) is 37.2. The van der Waals surface area contributed by atoms with Crippen LogP contribution in [0, 0.1) is 0 Å². The van der Waals surface area contributed by atoms with Crippen LogP contribution in [0.5, 0.6) is 5.75 Å². The van der Waals surface area contributed by atoms with Crippen molar-refractivity contribution in [2.75, 3.05) is 50.2 Å². The Morgan fingerprint density at radius 3 is 2.17 bits per heavy atom. The van der Waals surface area contributed by atoms with E-state index in [1.807, 2.05) is 42.5 Å². The van der Waals surface area contributed by atoms with Gasteiger partial charge < -0.3 is 41.2 Å². The topological polar surface area (TPSA) is 171 Å². The molecule has 5 rings (SSSR count). The number of amidine groups is 1. The highest BCUT2D eigenvalue weighted by Gasteiger charge is 2.17. The quantitative estimate of drug-likeness (QED) is 0.0649. The molecular formula is C39H44N8O5. The Bertz CT molecular complexity index is 1830. The number of rotatable bonds is 17. The smallest absolute Gasteiger partial charge is 0.251 e. The van der Waals surface area contributed by atoms with Gasteiger partial charge in [0.2, 0.25) is 5.96 Å². The van der Waals surface area contributed by atoms with E-state index in [9.17, 15) is 14.7 Å². The van der Waals surface area contributed by atoms with E-state index in [1.165, 1.54) is 0 Å². The van der Waals surface area contributed by atoms with Crippen molar-refractivity contribution in [3.63, 3.8) is 0 Å². The van der Waals surface area contributed by atoms with Crippen LogP contribution in [0.3, 0.4) is 0 Å². The lowest BCUT2D eigenvalue weighted by molar-refractivity contribution is 0.0512. The number of ether oxygens (including phenoxy) is 2. The number of nitrogens with one attached hydrogen (secondary N) is 5. The van der Waals surface area contributed by atoms with Gasteiger partial charge in [0.25, 0.3) is 11.8 Å². The number of carbonyl (C=O) groups is 2. The zero-order chi connectivity index (χ0) is 36.4. The maximum Gasteiger partial charge on any atom is 0.251 e. The van der Waals surface area contributed by atoms with Crippen LogP contribution in [0.2, 0.25) is 0 Å². The number of carbonyl (C=O) groups excluding carboxylic acids is 2. The highest BCUT2D eigenvalue weighted by molar-refractivity contribution is 6.08. The van der Waals surface area contributed by atoms with Gasteiger partial charge in [-0.15, -0.1) is 0 Å². The lowest BCUT2D eigenvalue weighted by Gasteiger charge is -2.13. The van der Waals surface area contributed by atoms with Crippen molar-refractivity contribution in [3.8, 4) is 5.75 Å². The molecule has 2 amide bonds. The molecule has 1 aromatic heterocycles. The van der Waals surface area contributed by atoms with Crippen molar-refractivity contribution < 1.29 is 24.2 Å². The summed E-state index contributed by atoms with van der Waals surface area (Å²) in [4.78, 5) is 38.5. The number of phenolic OH excluding ortho intramolecular Hbond substituents is 1. The number of anilines is 2. The number of hydrogen-bond donors (Lipinski definition) is 6. The Hall–Kier alpha value is -6.05. The molecule has 270 valence electrons. The molecule has 0 saturated carbocycles. The minimum absolute atomic E-state index is 0.129. The van der Waals surface area contributed by atoms with Crippen molar-refractivity contribution in [2.24, 2.45) is 9.98 Å². The monoisotopic (exact) mass is 704 g/mol. The molecule has 52 heavy (non-hydrogen) atoms. The molecule has 1 aliphatic heterocycles. The van der Waals surface area contributed by atoms with Crippen molar-refractivity contribution >= 4 is 35.0 Å². The summed E-state index contributed by atoms with van der Waals surface area (Å²) in [5, 5.41) is 25.6. The maximum atomic E-state index is 12.7. The fourth-order valence-electron chi connectivity index (χ4n) is 5.05. The SMILES string of the molecule is CCC1=C(Nc2ccc(C(=O)NCc3ccncc3)cc2)N=C(Nc2ccc(O)cc2)NC(=NCCOCCOCCNC(=O)c2ccccc2)C1. The van der Waals surface area contributed by atoms with E-state index in [0.717, 1.165) is 22.5 Å². The molecule has 1 aliphatic rings. The Labute approximate surface area is 303 Å². The summed E-state index contributed by atoms with van der Waals surface area (Å²) >= 11 is 0. The first-order chi connectivity index (χ1) is 25.5. The zero-order valence-electron chi connectivity index (χ0n) is 29.1. The summed E-state index contributed by atoms with van der Waals surface area (Å²) in [6.07, 6.45) is 4.63. The molecule has 0 radical (unpaired) electrons. The van der Waals surface area contributed by atoms with E-state index in [2.05, 4.69) is 38.5 Å². The van der Waals surface area contributed by atoms with Crippen molar-refractivity contribution in [2.45, 2.75) is 26.3 Å². The second-order valence-corrected chi connectivity index (χ2v) is 11.7. The first-order valence-corrected chi connectivity index (χ1v) is 17.2. The molecule has 0 spiro atoms. The number of nitrogens with zero attached hydrogens (tertiary/aromatic N) is 3. The molecule has 0 saturated heterocycles. The number of phenols is 1.